The molecule has 0 N–H and O–H groups in total. The van der Waals surface area contributed by atoms with E-state index in [0.29, 0.717) is 6.61 Å². The molecule has 0 saturated carbocycles. The molecule has 3 rings (SSSR count). The minimum Gasteiger partial charge on any atom is -1.00 e. The summed E-state index contributed by atoms with van der Waals surface area (Å²) in [5.74, 6) is 2.27. The van der Waals surface area contributed by atoms with E-state index in [2.05, 4.69) is 96.8 Å². The molecule has 0 aliphatic rings. The van der Waals surface area contributed by atoms with E-state index in [0.717, 1.165) is 0 Å². The summed E-state index contributed by atoms with van der Waals surface area (Å²) < 4.78 is 5.60. The standard InChI is InChI=1S/C22H22OP.BrH/c1-2-23-18-19-24(20-12-6-3-7-13-20,21-14-8-4-9-15-21)22-16-10-5-11-17-22;/h3-19H,2H2,1H3;1H/q+1;/p-1. The lowest BCUT2D eigenvalue weighted by molar-refractivity contribution is -0.00000526. The van der Waals surface area contributed by atoms with Crippen LogP contribution in [-0.2, 0) is 4.74 Å². The number of rotatable bonds is 6. The third-order valence-electron chi connectivity index (χ3n) is 4.04. The van der Waals surface area contributed by atoms with Gasteiger partial charge in [-0.15, -0.1) is 0 Å². The molecule has 3 aromatic rings. The van der Waals surface area contributed by atoms with Gasteiger partial charge in [-0.3, -0.25) is 0 Å². The van der Waals surface area contributed by atoms with Gasteiger partial charge in [0.05, 0.1) is 6.61 Å². The molecule has 3 heteroatoms. The molecule has 0 aliphatic carbocycles. The van der Waals surface area contributed by atoms with Gasteiger partial charge in [-0.2, -0.15) is 0 Å². The number of halogens is 1. The molecule has 0 atom stereocenters. The van der Waals surface area contributed by atoms with Crippen molar-refractivity contribution in [1.82, 2.24) is 0 Å². The highest BCUT2D eigenvalue weighted by Crippen LogP contribution is 2.56. The molecule has 1 nitrogen and oxygen atoms in total. The Morgan fingerprint density at radius 3 is 1.36 bits per heavy atom. The van der Waals surface area contributed by atoms with E-state index in [4.69, 9.17) is 4.74 Å². The van der Waals surface area contributed by atoms with E-state index >= 15 is 0 Å². The summed E-state index contributed by atoms with van der Waals surface area (Å²) in [6, 6.07) is 32.3. The summed E-state index contributed by atoms with van der Waals surface area (Å²) in [5.41, 5.74) is 0. The summed E-state index contributed by atoms with van der Waals surface area (Å²) in [5, 5.41) is 4.00. The monoisotopic (exact) mass is 412 g/mol. The Morgan fingerprint density at radius 1 is 0.680 bits per heavy atom. The van der Waals surface area contributed by atoms with Crippen LogP contribution < -0.4 is 32.9 Å². The van der Waals surface area contributed by atoms with Gasteiger partial charge in [-0.1, -0.05) is 54.6 Å². The third-order valence-corrected chi connectivity index (χ3v) is 7.94. The Kier molecular flexibility index (Phi) is 7.43. The third kappa shape index (κ3) is 4.21. The Morgan fingerprint density at radius 2 is 1.04 bits per heavy atom. The Hall–Kier alpha value is -1.89. The second kappa shape index (κ2) is 9.56. The van der Waals surface area contributed by atoms with Gasteiger partial charge in [-0.05, 0) is 43.3 Å². The van der Waals surface area contributed by atoms with Crippen LogP contribution in [0.3, 0.4) is 0 Å². The van der Waals surface area contributed by atoms with E-state index in [1.165, 1.54) is 15.9 Å². The first-order valence-corrected chi connectivity index (χ1v) is 10.1. The Labute approximate surface area is 161 Å². The molecule has 0 radical (unpaired) electrons. The van der Waals surface area contributed by atoms with Crippen LogP contribution in [0.15, 0.2) is 103 Å². The molecule has 0 amide bonds. The topological polar surface area (TPSA) is 9.23 Å². The van der Waals surface area contributed by atoms with Crippen LogP contribution in [0.25, 0.3) is 0 Å². The van der Waals surface area contributed by atoms with Gasteiger partial charge in [-0.25, -0.2) is 0 Å². The van der Waals surface area contributed by atoms with E-state index in [1.807, 2.05) is 13.2 Å². The number of ether oxygens (including phenoxy) is 1. The molecule has 0 unspecified atom stereocenters. The van der Waals surface area contributed by atoms with Gasteiger partial charge in [0.1, 0.15) is 35.3 Å². The summed E-state index contributed by atoms with van der Waals surface area (Å²) in [4.78, 5) is 0. The summed E-state index contributed by atoms with van der Waals surface area (Å²) in [7, 11) is -1.89. The maximum absolute atomic E-state index is 5.60. The number of benzene rings is 3. The zero-order chi connectivity index (χ0) is 16.7. The normalized spacial score (nSPS) is 11.1. The maximum atomic E-state index is 5.60. The Balaban J connectivity index is 0.00000225. The Bertz CT molecular complexity index is 676. The van der Waals surface area contributed by atoms with E-state index in [9.17, 15) is 0 Å². The van der Waals surface area contributed by atoms with Crippen molar-refractivity contribution >= 4 is 23.2 Å². The molecule has 3 aromatic carbocycles. The van der Waals surface area contributed by atoms with E-state index in [1.54, 1.807) is 0 Å². The minimum atomic E-state index is -1.89. The minimum absolute atomic E-state index is 0. The van der Waals surface area contributed by atoms with Crippen molar-refractivity contribution in [3.05, 3.63) is 103 Å². The fraction of sp³-hybridized carbons (Fsp3) is 0.0909. The molecule has 0 aliphatic heterocycles. The summed E-state index contributed by atoms with van der Waals surface area (Å²) in [6.07, 6.45) is 1.88. The molecule has 0 fully saturated rings. The van der Waals surface area contributed by atoms with Crippen LogP contribution in [-0.4, -0.2) is 6.61 Å². The lowest BCUT2D eigenvalue weighted by Crippen LogP contribution is -3.00. The van der Waals surface area contributed by atoms with Crippen molar-refractivity contribution in [2.45, 2.75) is 6.92 Å². The van der Waals surface area contributed by atoms with Crippen molar-refractivity contribution < 1.29 is 21.7 Å². The quantitative estimate of drug-likeness (QED) is 0.440. The van der Waals surface area contributed by atoms with E-state index in [-0.39, 0.29) is 17.0 Å². The van der Waals surface area contributed by atoms with Gasteiger partial charge in [0, 0.05) is 0 Å². The van der Waals surface area contributed by atoms with Crippen LogP contribution in [0.4, 0.5) is 0 Å². The van der Waals surface area contributed by atoms with Crippen molar-refractivity contribution in [2.75, 3.05) is 6.61 Å². The first kappa shape index (κ1) is 19.4. The highest BCUT2D eigenvalue weighted by Gasteiger charge is 2.43. The smallest absolute Gasteiger partial charge is 0.140 e. The van der Waals surface area contributed by atoms with Crippen LogP contribution in [0, 0.1) is 0 Å². The van der Waals surface area contributed by atoms with Crippen molar-refractivity contribution in [2.24, 2.45) is 0 Å². The first-order valence-electron chi connectivity index (χ1n) is 8.23. The lowest BCUT2D eigenvalue weighted by atomic mass is 10.4. The van der Waals surface area contributed by atoms with Crippen molar-refractivity contribution in [3.8, 4) is 0 Å². The zero-order valence-corrected chi connectivity index (χ0v) is 16.7. The largest absolute Gasteiger partial charge is 1.00 e. The van der Waals surface area contributed by atoms with Crippen LogP contribution >= 0.6 is 7.26 Å². The van der Waals surface area contributed by atoms with Gasteiger partial charge in [0.15, 0.2) is 0 Å². The molecular weight excluding hydrogens is 391 g/mol. The van der Waals surface area contributed by atoms with Crippen LogP contribution in [0.5, 0.6) is 0 Å². The van der Waals surface area contributed by atoms with E-state index < -0.39 is 7.26 Å². The van der Waals surface area contributed by atoms with Gasteiger partial charge in [0.25, 0.3) is 0 Å². The number of hydrogen-bond donors (Lipinski definition) is 0. The second-order valence-corrected chi connectivity index (χ2v) is 8.76. The lowest BCUT2D eigenvalue weighted by Gasteiger charge is -2.23. The zero-order valence-electron chi connectivity index (χ0n) is 14.3. The highest BCUT2D eigenvalue weighted by atomic mass is 79.9. The molecule has 0 bridgehead atoms. The van der Waals surface area contributed by atoms with Crippen LogP contribution in [0.1, 0.15) is 6.92 Å². The van der Waals surface area contributed by atoms with Gasteiger partial charge in [0.2, 0.25) is 0 Å². The van der Waals surface area contributed by atoms with Gasteiger partial charge >= 0.3 is 0 Å². The predicted octanol–water partition coefficient (Wildman–Crippen LogP) is 1.49. The SMILES string of the molecule is CCOC=C[P+](c1ccccc1)(c1ccccc1)c1ccccc1.[Br-]. The second-order valence-electron chi connectivity index (χ2n) is 5.47. The highest BCUT2D eigenvalue weighted by molar-refractivity contribution is 7.98. The van der Waals surface area contributed by atoms with Gasteiger partial charge < -0.3 is 21.7 Å². The maximum Gasteiger partial charge on any atom is 0.140 e. The van der Waals surface area contributed by atoms with Crippen molar-refractivity contribution in [3.63, 3.8) is 0 Å². The molecule has 128 valence electrons. The van der Waals surface area contributed by atoms with Crippen molar-refractivity contribution in [1.29, 1.82) is 0 Å². The fourth-order valence-corrected chi connectivity index (χ4v) is 6.53. The van der Waals surface area contributed by atoms with Crippen LogP contribution in [0.2, 0.25) is 0 Å². The molecule has 0 aromatic heterocycles. The average Bonchev–Trinajstić information content (AvgIpc) is 2.68. The molecule has 0 saturated heterocycles. The summed E-state index contributed by atoms with van der Waals surface area (Å²) >= 11 is 0. The molecule has 25 heavy (non-hydrogen) atoms. The predicted molar refractivity (Wildman–Crippen MR) is 106 cm³/mol. The molecule has 0 heterocycles. The number of hydrogen-bond acceptors (Lipinski definition) is 1. The summed E-state index contributed by atoms with van der Waals surface area (Å²) in [6.45, 7) is 2.69. The average molecular weight is 413 g/mol. The molecular formula is C22H22BrOP. The first-order chi connectivity index (χ1) is 11.9. The molecule has 0 spiro atoms. The fourth-order valence-electron chi connectivity index (χ4n) is 2.93.